The summed E-state index contributed by atoms with van der Waals surface area (Å²) in [5, 5.41) is 7.62. The first-order valence-electron chi connectivity index (χ1n) is 5.82. The van der Waals surface area contributed by atoms with E-state index >= 15 is 0 Å². The minimum atomic E-state index is 0.736. The third kappa shape index (κ3) is 2.85. The Bertz CT molecular complexity index is 525. The van der Waals surface area contributed by atoms with Crippen LogP contribution in [-0.2, 0) is 13.1 Å². The highest BCUT2D eigenvalue weighted by Gasteiger charge is 2.04. The maximum absolute atomic E-state index is 5.21. The van der Waals surface area contributed by atoms with Crippen LogP contribution in [0.4, 0.5) is 5.69 Å². The molecule has 4 nitrogen and oxygen atoms in total. The third-order valence-electron chi connectivity index (χ3n) is 2.74. The molecule has 0 unspecified atom stereocenters. The summed E-state index contributed by atoms with van der Waals surface area (Å²) in [7, 11) is 1.67. The lowest BCUT2D eigenvalue weighted by atomic mass is 10.3. The highest BCUT2D eigenvalue weighted by molar-refractivity contribution is 9.10. The summed E-state index contributed by atoms with van der Waals surface area (Å²) in [6.07, 6.45) is 1.82. The number of anilines is 1. The van der Waals surface area contributed by atoms with Gasteiger partial charge < -0.3 is 10.1 Å². The summed E-state index contributed by atoms with van der Waals surface area (Å²) in [6, 6.07) is 7.88. The van der Waals surface area contributed by atoms with Crippen LogP contribution in [-0.4, -0.2) is 16.9 Å². The van der Waals surface area contributed by atoms with Gasteiger partial charge in [0, 0.05) is 23.3 Å². The Morgan fingerprint density at radius 3 is 2.94 bits per heavy atom. The highest BCUT2D eigenvalue weighted by atomic mass is 79.9. The number of methoxy groups -OCH3 is 1. The molecule has 18 heavy (non-hydrogen) atoms. The van der Waals surface area contributed by atoms with Gasteiger partial charge in [-0.2, -0.15) is 5.10 Å². The summed E-state index contributed by atoms with van der Waals surface area (Å²) >= 11 is 3.52. The lowest BCUT2D eigenvalue weighted by Crippen LogP contribution is -2.08. The summed E-state index contributed by atoms with van der Waals surface area (Å²) in [6.45, 7) is 3.70. The van der Waals surface area contributed by atoms with Crippen LogP contribution < -0.4 is 10.1 Å². The van der Waals surface area contributed by atoms with Crippen molar-refractivity contribution in [2.24, 2.45) is 0 Å². The van der Waals surface area contributed by atoms with E-state index in [1.54, 1.807) is 7.11 Å². The molecule has 1 N–H and O–H groups in total. The summed E-state index contributed by atoms with van der Waals surface area (Å²) < 4.78 is 8.21. The summed E-state index contributed by atoms with van der Waals surface area (Å²) in [5.74, 6) is 0.838. The Balaban J connectivity index is 2.10. The fraction of sp³-hybridized carbons (Fsp3) is 0.308. The van der Waals surface area contributed by atoms with E-state index in [-0.39, 0.29) is 0 Å². The van der Waals surface area contributed by atoms with Gasteiger partial charge in [-0.05, 0) is 41.1 Å². The molecule has 0 saturated carbocycles. The second kappa shape index (κ2) is 5.91. The van der Waals surface area contributed by atoms with Crippen molar-refractivity contribution in [3.8, 4) is 5.75 Å². The van der Waals surface area contributed by atoms with Crippen molar-refractivity contribution in [3.63, 3.8) is 0 Å². The molecule has 1 aromatic heterocycles. The molecule has 0 spiro atoms. The normalized spacial score (nSPS) is 10.4. The maximum atomic E-state index is 5.21. The monoisotopic (exact) mass is 309 g/mol. The Kier molecular flexibility index (Phi) is 4.25. The Morgan fingerprint density at radius 2 is 2.22 bits per heavy atom. The number of ether oxygens (including phenoxy) is 1. The largest absolute Gasteiger partial charge is 0.497 e. The van der Waals surface area contributed by atoms with Gasteiger partial charge in [0.05, 0.1) is 25.0 Å². The molecule has 5 heteroatoms. The molecule has 2 aromatic rings. The number of hydrogen-bond donors (Lipinski definition) is 1. The molecule has 0 atom stereocenters. The first kappa shape index (κ1) is 13.0. The van der Waals surface area contributed by atoms with Gasteiger partial charge >= 0.3 is 0 Å². The third-order valence-corrected chi connectivity index (χ3v) is 3.43. The zero-order valence-corrected chi connectivity index (χ0v) is 12.1. The van der Waals surface area contributed by atoms with Gasteiger partial charge in [0.2, 0.25) is 0 Å². The molecular weight excluding hydrogens is 294 g/mol. The standard InChI is InChI=1S/C13H16BrN3O/c1-3-17-10(6-7-16-17)9-15-13-8-11(18-2)4-5-12(13)14/h4-8,15H,3,9H2,1-2H3. The number of rotatable bonds is 5. The molecule has 0 saturated heterocycles. The Labute approximate surface area is 115 Å². The van der Waals surface area contributed by atoms with Crippen LogP contribution >= 0.6 is 15.9 Å². The number of nitrogens with one attached hydrogen (secondary N) is 1. The maximum Gasteiger partial charge on any atom is 0.121 e. The van der Waals surface area contributed by atoms with Gasteiger partial charge in [-0.15, -0.1) is 0 Å². The first-order chi connectivity index (χ1) is 8.74. The number of nitrogens with zero attached hydrogens (tertiary/aromatic N) is 2. The van der Waals surface area contributed by atoms with Crippen molar-refractivity contribution in [2.75, 3.05) is 12.4 Å². The smallest absolute Gasteiger partial charge is 0.121 e. The minimum Gasteiger partial charge on any atom is -0.497 e. The quantitative estimate of drug-likeness (QED) is 0.921. The van der Waals surface area contributed by atoms with Gasteiger partial charge in [-0.3, -0.25) is 4.68 Å². The average Bonchev–Trinajstić information content (AvgIpc) is 2.85. The SMILES string of the molecule is CCn1nccc1CNc1cc(OC)ccc1Br. The molecule has 0 aliphatic heterocycles. The van der Waals surface area contributed by atoms with Crippen LogP contribution in [0.1, 0.15) is 12.6 Å². The van der Waals surface area contributed by atoms with Crippen molar-refractivity contribution in [3.05, 3.63) is 40.6 Å². The highest BCUT2D eigenvalue weighted by Crippen LogP contribution is 2.27. The first-order valence-corrected chi connectivity index (χ1v) is 6.62. The van der Waals surface area contributed by atoms with E-state index < -0.39 is 0 Å². The van der Waals surface area contributed by atoms with Crippen LogP contribution in [0.25, 0.3) is 0 Å². The van der Waals surface area contributed by atoms with Crippen molar-refractivity contribution in [1.82, 2.24) is 9.78 Å². The number of benzene rings is 1. The zero-order valence-electron chi connectivity index (χ0n) is 10.5. The second-order valence-corrected chi connectivity index (χ2v) is 4.69. The predicted molar refractivity (Wildman–Crippen MR) is 75.9 cm³/mol. The molecule has 0 fully saturated rings. The number of halogens is 1. The molecule has 0 aliphatic rings. The molecular formula is C13H16BrN3O. The van der Waals surface area contributed by atoms with E-state index in [0.717, 1.165) is 34.7 Å². The molecule has 0 aliphatic carbocycles. The van der Waals surface area contributed by atoms with E-state index in [0.29, 0.717) is 0 Å². The molecule has 2 rings (SSSR count). The van der Waals surface area contributed by atoms with Crippen LogP contribution in [0.5, 0.6) is 5.75 Å². The molecule has 96 valence electrons. The number of aryl methyl sites for hydroxylation is 1. The van der Waals surface area contributed by atoms with Gasteiger partial charge in [-0.1, -0.05) is 0 Å². The zero-order chi connectivity index (χ0) is 13.0. The fourth-order valence-electron chi connectivity index (χ4n) is 1.75. The fourth-order valence-corrected chi connectivity index (χ4v) is 2.13. The van der Waals surface area contributed by atoms with Gasteiger partial charge in [-0.25, -0.2) is 0 Å². The average molecular weight is 310 g/mol. The molecule has 0 radical (unpaired) electrons. The van der Waals surface area contributed by atoms with Crippen LogP contribution in [0.2, 0.25) is 0 Å². The van der Waals surface area contributed by atoms with Crippen molar-refractivity contribution in [1.29, 1.82) is 0 Å². The Morgan fingerprint density at radius 1 is 1.39 bits per heavy atom. The van der Waals surface area contributed by atoms with Gasteiger partial charge in [0.25, 0.3) is 0 Å². The van der Waals surface area contributed by atoms with Crippen LogP contribution in [0.3, 0.4) is 0 Å². The summed E-state index contributed by atoms with van der Waals surface area (Å²) in [5.41, 5.74) is 2.17. The second-order valence-electron chi connectivity index (χ2n) is 3.84. The van der Waals surface area contributed by atoms with Crippen LogP contribution in [0, 0.1) is 0 Å². The van der Waals surface area contributed by atoms with E-state index in [1.165, 1.54) is 0 Å². The lowest BCUT2D eigenvalue weighted by molar-refractivity contribution is 0.415. The van der Waals surface area contributed by atoms with Gasteiger partial charge in [0.1, 0.15) is 5.75 Å². The molecule has 0 amide bonds. The molecule has 0 bridgehead atoms. The Hall–Kier alpha value is -1.49. The van der Waals surface area contributed by atoms with Crippen LogP contribution in [0.15, 0.2) is 34.9 Å². The summed E-state index contributed by atoms with van der Waals surface area (Å²) in [4.78, 5) is 0. The van der Waals surface area contributed by atoms with Crippen molar-refractivity contribution < 1.29 is 4.74 Å². The minimum absolute atomic E-state index is 0.736. The van der Waals surface area contributed by atoms with E-state index in [1.807, 2.05) is 35.1 Å². The number of hydrogen-bond acceptors (Lipinski definition) is 3. The van der Waals surface area contributed by atoms with E-state index in [4.69, 9.17) is 4.74 Å². The predicted octanol–water partition coefficient (Wildman–Crippen LogP) is 3.29. The van der Waals surface area contributed by atoms with E-state index in [9.17, 15) is 0 Å². The van der Waals surface area contributed by atoms with Crippen molar-refractivity contribution >= 4 is 21.6 Å². The van der Waals surface area contributed by atoms with Gasteiger partial charge in [0.15, 0.2) is 0 Å². The molecule has 1 aromatic carbocycles. The number of aromatic nitrogens is 2. The van der Waals surface area contributed by atoms with E-state index in [2.05, 4.69) is 33.3 Å². The lowest BCUT2D eigenvalue weighted by Gasteiger charge is -2.11. The molecule has 1 heterocycles. The van der Waals surface area contributed by atoms with Crippen molar-refractivity contribution in [2.45, 2.75) is 20.0 Å². The topological polar surface area (TPSA) is 39.1 Å².